The van der Waals surface area contributed by atoms with Crippen molar-refractivity contribution in [2.75, 3.05) is 0 Å². The van der Waals surface area contributed by atoms with Crippen molar-refractivity contribution in [3.05, 3.63) is 41.2 Å². The summed E-state index contributed by atoms with van der Waals surface area (Å²) in [5.41, 5.74) is 0. The molecule has 0 radical (unpaired) electrons. The second kappa shape index (κ2) is 2.34. The van der Waals surface area contributed by atoms with E-state index in [0.29, 0.717) is 0 Å². The fourth-order valence-corrected chi connectivity index (χ4v) is 0.601. The first-order valence-corrected chi connectivity index (χ1v) is 2.68. The second-order valence-corrected chi connectivity index (χ2v) is 1.76. The lowest BCUT2D eigenvalue weighted by Crippen LogP contribution is -2.01. The zero-order chi connectivity index (χ0) is 7.56. The standard InChI is InChI=1S/C6H6N2O2/c1-6(8(9)10)7-4-2-3-5-7/h2-5H,1H2. The third kappa shape index (κ3) is 1.05. The van der Waals surface area contributed by atoms with Crippen molar-refractivity contribution in [1.82, 2.24) is 4.57 Å². The van der Waals surface area contributed by atoms with Crippen molar-refractivity contribution in [2.45, 2.75) is 0 Å². The van der Waals surface area contributed by atoms with Gasteiger partial charge in [0.05, 0.1) is 12.4 Å². The molecule has 1 aromatic heterocycles. The Morgan fingerprint density at radius 3 is 2.40 bits per heavy atom. The second-order valence-electron chi connectivity index (χ2n) is 1.76. The summed E-state index contributed by atoms with van der Waals surface area (Å²) >= 11 is 0. The van der Waals surface area contributed by atoms with Gasteiger partial charge in [0.1, 0.15) is 0 Å². The summed E-state index contributed by atoms with van der Waals surface area (Å²) in [6, 6.07) is 3.41. The van der Waals surface area contributed by atoms with Crippen molar-refractivity contribution < 1.29 is 4.92 Å². The van der Waals surface area contributed by atoms with Gasteiger partial charge in [-0.25, -0.2) is 4.57 Å². The Kier molecular flexibility index (Phi) is 1.53. The van der Waals surface area contributed by atoms with Crippen LogP contribution in [-0.4, -0.2) is 9.49 Å². The minimum atomic E-state index is -0.528. The first-order valence-electron chi connectivity index (χ1n) is 2.68. The first kappa shape index (κ1) is 6.54. The van der Waals surface area contributed by atoms with Crippen LogP contribution in [0.2, 0.25) is 0 Å². The number of nitro groups is 1. The van der Waals surface area contributed by atoms with Crippen molar-refractivity contribution in [3.8, 4) is 0 Å². The minimum Gasteiger partial charge on any atom is -0.358 e. The molecule has 10 heavy (non-hydrogen) atoms. The van der Waals surface area contributed by atoms with Crippen LogP contribution >= 0.6 is 0 Å². The molecule has 0 aliphatic rings. The molecule has 0 saturated carbocycles. The molecule has 1 aromatic rings. The van der Waals surface area contributed by atoms with Crippen LogP contribution < -0.4 is 0 Å². The number of aromatic nitrogens is 1. The summed E-state index contributed by atoms with van der Waals surface area (Å²) in [5, 5.41) is 10.1. The lowest BCUT2D eigenvalue weighted by atomic mass is 10.7. The number of hydrogen-bond donors (Lipinski definition) is 0. The Labute approximate surface area is 57.5 Å². The van der Waals surface area contributed by atoms with E-state index in [-0.39, 0.29) is 5.82 Å². The van der Waals surface area contributed by atoms with E-state index in [0.717, 1.165) is 0 Å². The highest BCUT2D eigenvalue weighted by Crippen LogP contribution is 2.01. The molecule has 0 aromatic carbocycles. The van der Waals surface area contributed by atoms with E-state index in [1.807, 2.05) is 0 Å². The van der Waals surface area contributed by atoms with Gasteiger partial charge in [-0.05, 0) is 23.6 Å². The summed E-state index contributed by atoms with van der Waals surface area (Å²) in [4.78, 5) is 9.56. The molecule has 52 valence electrons. The van der Waals surface area contributed by atoms with Gasteiger partial charge in [-0.2, -0.15) is 0 Å². The van der Waals surface area contributed by atoms with Crippen molar-refractivity contribution in [1.29, 1.82) is 0 Å². The topological polar surface area (TPSA) is 48.1 Å². The highest BCUT2D eigenvalue weighted by Gasteiger charge is 2.04. The molecule has 0 N–H and O–H groups in total. The summed E-state index contributed by atoms with van der Waals surface area (Å²) in [5.74, 6) is -0.134. The average Bonchev–Trinajstić information content (AvgIpc) is 2.36. The van der Waals surface area contributed by atoms with E-state index < -0.39 is 4.92 Å². The summed E-state index contributed by atoms with van der Waals surface area (Å²) in [6.45, 7) is 3.26. The fourth-order valence-electron chi connectivity index (χ4n) is 0.601. The first-order chi connectivity index (χ1) is 4.72. The SMILES string of the molecule is C=C(n1cccc1)[N+](=O)[O-]. The van der Waals surface area contributed by atoms with Gasteiger partial charge in [0.15, 0.2) is 0 Å². The van der Waals surface area contributed by atoms with Crippen LogP contribution in [0.25, 0.3) is 5.82 Å². The summed E-state index contributed by atoms with van der Waals surface area (Å²) in [7, 11) is 0. The smallest absolute Gasteiger partial charge is 0.320 e. The van der Waals surface area contributed by atoms with Gasteiger partial charge in [0.2, 0.25) is 0 Å². The lowest BCUT2D eigenvalue weighted by molar-refractivity contribution is -0.383. The zero-order valence-corrected chi connectivity index (χ0v) is 5.23. The van der Waals surface area contributed by atoms with Crippen LogP contribution in [0.1, 0.15) is 0 Å². The van der Waals surface area contributed by atoms with E-state index in [1.165, 1.54) is 4.57 Å². The number of nitrogens with zero attached hydrogens (tertiary/aromatic N) is 2. The van der Waals surface area contributed by atoms with Crippen LogP contribution in [0.4, 0.5) is 0 Å². The summed E-state index contributed by atoms with van der Waals surface area (Å²) in [6.07, 6.45) is 3.15. The maximum absolute atomic E-state index is 10.1. The Balaban J connectivity index is 2.88. The third-order valence-corrected chi connectivity index (χ3v) is 1.11. The van der Waals surface area contributed by atoms with Crippen LogP contribution in [0.5, 0.6) is 0 Å². The van der Waals surface area contributed by atoms with E-state index in [1.54, 1.807) is 24.5 Å². The van der Waals surface area contributed by atoms with Gasteiger partial charge >= 0.3 is 5.82 Å². The Morgan fingerprint density at radius 2 is 2.00 bits per heavy atom. The van der Waals surface area contributed by atoms with Crippen molar-refractivity contribution in [3.63, 3.8) is 0 Å². The number of hydrogen-bond acceptors (Lipinski definition) is 2. The predicted molar refractivity (Wildman–Crippen MR) is 36.8 cm³/mol. The molecule has 0 fully saturated rings. The molecule has 4 heteroatoms. The Bertz CT molecular complexity index is 251. The zero-order valence-electron chi connectivity index (χ0n) is 5.23. The largest absolute Gasteiger partial charge is 0.358 e. The van der Waals surface area contributed by atoms with E-state index in [9.17, 15) is 10.1 Å². The van der Waals surface area contributed by atoms with Gasteiger partial charge in [-0.1, -0.05) is 0 Å². The molecule has 0 atom stereocenters. The molecular formula is C6H6N2O2. The van der Waals surface area contributed by atoms with E-state index in [4.69, 9.17) is 0 Å². The van der Waals surface area contributed by atoms with Gasteiger partial charge in [0.25, 0.3) is 0 Å². The molecule has 1 heterocycles. The third-order valence-electron chi connectivity index (χ3n) is 1.11. The van der Waals surface area contributed by atoms with Crippen LogP contribution in [-0.2, 0) is 0 Å². The highest BCUT2D eigenvalue weighted by molar-refractivity contribution is 5.30. The molecule has 0 aliphatic carbocycles. The maximum Gasteiger partial charge on any atom is 0.320 e. The average molecular weight is 138 g/mol. The molecule has 0 amide bonds. The Morgan fingerprint density at radius 1 is 1.50 bits per heavy atom. The normalized spacial score (nSPS) is 9.20. The van der Waals surface area contributed by atoms with Crippen molar-refractivity contribution in [2.24, 2.45) is 0 Å². The lowest BCUT2D eigenvalue weighted by Gasteiger charge is -1.95. The predicted octanol–water partition coefficient (Wildman–Crippen LogP) is 1.19. The molecule has 0 spiro atoms. The fraction of sp³-hybridized carbons (Fsp3) is 0. The van der Waals surface area contributed by atoms with Gasteiger partial charge < -0.3 is 10.1 Å². The molecule has 4 nitrogen and oxygen atoms in total. The van der Waals surface area contributed by atoms with Gasteiger partial charge in [-0.15, -0.1) is 0 Å². The molecule has 0 unspecified atom stereocenters. The van der Waals surface area contributed by atoms with Crippen LogP contribution in [0, 0.1) is 10.1 Å². The molecule has 0 aliphatic heterocycles. The van der Waals surface area contributed by atoms with E-state index in [2.05, 4.69) is 6.58 Å². The maximum atomic E-state index is 10.1. The highest BCUT2D eigenvalue weighted by atomic mass is 16.6. The van der Waals surface area contributed by atoms with Crippen LogP contribution in [0.15, 0.2) is 31.1 Å². The molecule has 0 saturated heterocycles. The van der Waals surface area contributed by atoms with Crippen molar-refractivity contribution >= 4 is 5.82 Å². The number of rotatable bonds is 2. The van der Waals surface area contributed by atoms with Crippen LogP contribution in [0.3, 0.4) is 0 Å². The molecular weight excluding hydrogens is 132 g/mol. The quantitative estimate of drug-likeness (QED) is 0.455. The van der Waals surface area contributed by atoms with Gasteiger partial charge in [0, 0.05) is 0 Å². The van der Waals surface area contributed by atoms with Gasteiger partial charge in [-0.3, -0.25) is 0 Å². The Hall–Kier alpha value is -1.58. The molecule has 1 rings (SSSR count). The minimum absolute atomic E-state index is 0.134. The summed E-state index contributed by atoms with van der Waals surface area (Å²) < 4.78 is 1.35. The van der Waals surface area contributed by atoms with E-state index >= 15 is 0 Å². The monoisotopic (exact) mass is 138 g/mol. The molecule has 0 bridgehead atoms.